The van der Waals surface area contributed by atoms with Crippen molar-refractivity contribution in [3.8, 4) is 0 Å². The molecule has 94 heavy (non-hydrogen) atoms. The van der Waals surface area contributed by atoms with Gasteiger partial charge in [-0.1, -0.05) is 217 Å². The van der Waals surface area contributed by atoms with Crippen LogP contribution in [0.2, 0.25) is 0 Å². The first-order valence-electron chi connectivity index (χ1n) is 34.7. The average molecular weight is 1320 g/mol. The molecule has 532 valence electrons. The second kappa shape index (κ2) is 54.4. The molecule has 3 aliphatic rings. The summed E-state index contributed by atoms with van der Waals surface area (Å²) in [7, 11) is 0. The fourth-order valence-electron chi connectivity index (χ4n) is 10.5. The Morgan fingerprint density at radius 2 is 0.734 bits per heavy atom. The average Bonchev–Trinajstić information content (AvgIpc) is 0.788. The lowest BCUT2D eigenvalue weighted by molar-refractivity contribution is -0.379. The van der Waals surface area contributed by atoms with Gasteiger partial charge in [0.15, 0.2) is 18.9 Å². The zero-order valence-electron chi connectivity index (χ0n) is 56.1. The van der Waals surface area contributed by atoms with E-state index in [2.05, 4.69) is 165 Å². The minimum atomic E-state index is -1.99. The minimum Gasteiger partial charge on any atom is -0.394 e. The molecule has 0 aliphatic carbocycles. The molecule has 0 bridgehead atoms. The van der Waals surface area contributed by atoms with Crippen molar-refractivity contribution in [3.63, 3.8) is 0 Å². The Bertz CT molecular complexity index is 2320. The summed E-state index contributed by atoms with van der Waals surface area (Å²) in [6, 6.07) is -1.01. The molecule has 1 amide bonds. The van der Waals surface area contributed by atoms with Gasteiger partial charge in [-0.15, -0.1) is 0 Å². The Morgan fingerprint density at radius 3 is 1.15 bits per heavy atom. The van der Waals surface area contributed by atoms with Gasteiger partial charge in [0.2, 0.25) is 5.91 Å². The Hall–Kier alpha value is -4.59. The van der Waals surface area contributed by atoms with E-state index in [0.29, 0.717) is 6.42 Å². The molecule has 12 N–H and O–H groups in total. The van der Waals surface area contributed by atoms with Crippen LogP contribution in [-0.4, -0.2) is 193 Å². The predicted octanol–water partition coefficient (Wildman–Crippen LogP) is 9.32. The second-order valence-electron chi connectivity index (χ2n) is 23.9. The van der Waals surface area contributed by atoms with Crippen LogP contribution in [0.25, 0.3) is 0 Å². The summed E-state index contributed by atoms with van der Waals surface area (Å²) in [5, 5.41) is 120. The van der Waals surface area contributed by atoms with Gasteiger partial charge in [-0.25, -0.2) is 0 Å². The molecule has 0 aromatic heterocycles. The van der Waals surface area contributed by atoms with Gasteiger partial charge >= 0.3 is 0 Å². The van der Waals surface area contributed by atoms with E-state index in [1.54, 1.807) is 6.08 Å². The first kappa shape index (κ1) is 83.6. The molecule has 0 radical (unpaired) electrons. The Kier molecular flexibility index (Phi) is 48.4. The summed E-state index contributed by atoms with van der Waals surface area (Å²) in [4.78, 5) is 13.3. The predicted molar refractivity (Wildman–Crippen MR) is 369 cm³/mol. The van der Waals surface area contributed by atoms with E-state index in [1.807, 2.05) is 6.08 Å². The summed E-state index contributed by atoms with van der Waals surface area (Å²) < 4.78 is 34.2. The van der Waals surface area contributed by atoms with E-state index in [4.69, 9.17) is 28.4 Å². The molecule has 3 heterocycles. The van der Waals surface area contributed by atoms with Gasteiger partial charge in [-0.2, -0.15) is 0 Å². The molecule has 0 aromatic carbocycles. The molecule has 0 aromatic rings. The summed E-state index contributed by atoms with van der Waals surface area (Å²) in [6.45, 7) is 1.51. The summed E-state index contributed by atoms with van der Waals surface area (Å²) in [5.74, 6) is -0.328. The molecule has 3 fully saturated rings. The van der Waals surface area contributed by atoms with Gasteiger partial charge in [-0.3, -0.25) is 4.79 Å². The van der Waals surface area contributed by atoms with Crippen molar-refractivity contribution in [1.29, 1.82) is 0 Å². The summed E-state index contributed by atoms with van der Waals surface area (Å²) in [5.41, 5.74) is 0. The van der Waals surface area contributed by atoms with Crippen LogP contribution in [0.15, 0.2) is 158 Å². The standard InChI is InChI=1S/C75H119NO18/c1-3-5-7-9-11-13-15-16-17-18-19-20-21-22-23-24-25-26-27-28-29-30-31-32-33-34-35-36-37-38-39-40-41-42-43-45-47-49-51-53-63(81)76-58(59(80)52-50-48-46-44-14-12-10-8-6-4-2)57-89-73-69(87)66(84)71(61(55-78)91-73)94-75-70(88)67(85)72(62(56-79)92-75)93-74-68(86)65(83)64(82)60(54-77)90-74/h5,7,11,13,16-17,19-20,22-23,25-26,28-29,31-32,34-35,37-38,40-41,43,45,50,52,58-62,64-75,77-80,82-88H,3-4,6,8-10,12,14-15,18,21,24,27,30,33,36,39,42,44,46-49,51,53-57H2,1-2H3,(H,76,81)/b7-5-,13-11-,17-16-,20-19-,23-22-,26-25-,29-28-,32-31-,35-34-,38-37-,41-40-,45-43-,52-50+. The van der Waals surface area contributed by atoms with E-state index in [-0.39, 0.29) is 18.9 Å². The first-order valence-corrected chi connectivity index (χ1v) is 34.7. The van der Waals surface area contributed by atoms with Crippen molar-refractivity contribution >= 4 is 5.91 Å². The second-order valence-corrected chi connectivity index (χ2v) is 23.9. The third-order valence-corrected chi connectivity index (χ3v) is 16.1. The molecule has 3 rings (SSSR count). The molecular weight excluding hydrogens is 1200 g/mol. The normalized spacial score (nSPS) is 28.4. The monoisotopic (exact) mass is 1320 g/mol. The van der Waals surface area contributed by atoms with Crippen molar-refractivity contribution < 1.29 is 89.4 Å². The topological polar surface area (TPSA) is 307 Å². The van der Waals surface area contributed by atoms with Gasteiger partial charge in [-0.05, 0) is 109 Å². The van der Waals surface area contributed by atoms with Crippen LogP contribution >= 0.6 is 0 Å². The number of ether oxygens (including phenoxy) is 6. The number of amides is 1. The number of hydrogen-bond acceptors (Lipinski definition) is 18. The molecule has 3 saturated heterocycles. The summed E-state index contributed by atoms with van der Waals surface area (Å²) >= 11 is 0. The van der Waals surface area contributed by atoms with E-state index in [1.165, 1.54) is 32.1 Å². The maximum Gasteiger partial charge on any atom is 0.220 e. The van der Waals surface area contributed by atoms with Crippen LogP contribution in [0.3, 0.4) is 0 Å². The molecular formula is C75H119NO18. The maximum atomic E-state index is 13.3. The van der Waals surface area contributed by atoms with Crippen molar-refractivity contribution in [3.05, 3.63) is 158 Å². The third-order valence-electron chi connectivity index (χ3n) is 16.1. The van der Waals surface area contributed by atoms with Gasteiger partial charge < -0.3 is 89.9 Å². The molecule has 0 saturated carbocycles. The number of aliphatic hydroxyl groups excluding tert-OH is 11. The first-order chi connectivity index (χ1) is 45.8. The van der Waals surface area contributed by atoms with Gasteiger partial charge in [0.1, 0.15) is 73.2 Å². The molecule has 3 aliphatic heterocycles. The number of hydrogen-bond donors (Lipinski definition) is 12. The largest absolute Gasteiger partial charge is 0.394 e. The van der Waals surface area contributed by atoms with Crippen LogP contribution in [0.5, 0.6) is 0 Å². The lowest BCUT2D eigenvalue weighted by atomic mass is 9.96. The van der Waals surface area contributed by atoms with E-state index >= 15 is 0 Å². The third kappa shape index (κ3) is 35.6. The quantitative estimate of drug-likeness (QED) is 0.0199. The zero-order valence-corrected chi connectivity index (χ0v) is 56.1. The number of unbranched alkanes of at least 4 members (excludes halogenated alkanes) is 10. The van der Waals surface area contributed by atoms with Gasteiger partial charge in [0, 0.05) is 6.42 Å². The number of carbonyl (C=O) groups is 1. The fourth-order valence-corrected chi connectivity index (χ4v) is 10.5. The summed E-state index contributed by atoms with van der Waals surface area (Å²) in [6.07, 6.45) is 52.5. The van der Waals surface area contributed by atoms with Crippen molar-refractivity contribution in [1.82, 2.24) is 5.32 Å². The fraction of sp³-hybridized carbons (Fsp3) is 0.640. The lowest BCUT2D eigenvalue weighted by Gasteiger charge is -2.48. The van der Waals surface area contributed by atoms with E-state index in [9.17, 15) is 61.0 Å². The van der Waals surface area contributed by atoms with Crippen molar-refractivity contribution in [2.75, 3.05) is 26.4 Å². The molecule has 17 atom stereocenters. The molecule has 19 nitrogen and oxygen atoms in total. The Morgan fingerprint density at radius 1 is 0.394 bits per heavy atom. The van der Waals surface area contributed by atoms with E-state index < -0.39 is 124 Å². The van der Waals surface area contributed by atoms with E-state index in [0.717, 1.165) is 116 Å². The molecule has 17 unspecified atom stereocenters. The highest BCUT2D eigenvalue weighted by Gasteiger charge is 2.53. The van der Waals surface area contributed by atoms with Crippen LogP contribution in [0.1, 0.15) is 174 Å². The highest BCUT2D eigenvalue weighted by atomic mass is 16.8. The maximum absolute atomic E-state index is 13.3. The number of allylic oxidation sites excluding steroid dienone is 25. The van der Waals surface area contributed by atoms with Gasteiger partial charge in [0.05, 0.1) is 38.6 Å². The minimum absolute atomic E-state index is 0.177. The van der Waals surface area contributed by atoms with Crippen LogP contribution < -0.4 is 5.32 Å². The molecule has 0 spiro atoms. The smallest absolute Gasteiger partial charge is 0.220 e. The van der Waals surface area contributed by atoms with Crippen LogP contribution in [0.4, 0.5) is 0 Å². The van der Waals surface area contributed by atoms with Crippen LogP contribution in [-0.2, 0) is 33.2 Å². The lowest BCUT2D eigenvalue weighted by Crippen LogP contribution is -2.66. The zero-order chi connectivity index (χ0) is 68.2. The van der Waals surface area contributed by atoms with Crippen molar-refractivity contribution in [2.24, 2.45) is 0 Å². The Labute approximate surface area is 561 Å². The van der Waals surface area contributed by atoms with Crippen LogP contribution in [0, 0.1) is 0 Å². The van der Waals surface area contributed by atoms with Crippen molar-refractivity contribution in [2.45, 2.75) is 279 Å². The highest BCUT2D eigenvalue weighted by molar-refractivity contribution is 5.76. The number of aliphatic hydroxyl groups is 11. The van der Waals surface area contributed by atoms with Gasteiger partial charge in [0.25, 0.3) is 0 Å². The SMILES string of the molecule is CC/C=C\C/C=C\C/C=C\C/C=C\C/C=C\C/C=C\C/C=C\C/C=C\C/C=C\C/C=C\C/C=C\C/C=C\CCCCC(=O)NC(COC1OC(CO)C(OC2OC(CO)C(OC3OC(CO)C(O)C(O)C3O)C(O)C2O)C(O)C1O)C(O)/C=C/CCCCCCCCCC. The number of nitrogens with one attached hydrogen (secondary N) is 1. The number of rotatable bonds is 50. The Balaban J connectivity index is 1.36. The molecule has 19 heteroatoms. The number of carbonyl (C=O) groups excluding carboxylic acids is 1. The highest BCUT2D eigenvalue weighted by Crippen LogP contribution is 2.33.